The van der Waals surface area contributed by atoms with Crippen molar-refractivity contribution in [1.29, 1.82) is 0 Å². The Morgan fingerprint density at radius 3 is 2.12 bits per heavy atom. The average Bonchev–Trinajstić information content (AvgIpc) is 3.25. The molecule has 1 heterocycles. The third kappa shape index (κ3) is 4.45. The summed E-state index contributed by atoms with van der Waals surface area (Å²) in [6.07, 6.45) is 5.67. The minimum atomic E-state index is -0.739. The Morgan fingerprint density at radius 1 is 0.879 bits per heavy atom. The molecular formula is C28H30ClN3O. The van der Waals surface area contributed by atoms with Crippen LogP contribution in [0.4, 0.5) is 11.4 Å². The van der Waals surface area contributed by atoms with Crippen molar-refractivity contribution in [1.82, 2.24) is 5.32 Å². The Hall–Kier alpha value is -2.98. The van der Waals surface area contributed by atoms with Crippen molar-refractivity contribution in [3.63, 3.8) is 0 Å². The molecule has 2 aliphatic rings. The molecule has 0 bridgehead atoms. The number of carbonyl (C=O) groups excluding carboxylic acids is 1. The minimum Gasteiger partial charge on any atom is -0.357 e. The van der Waals surface area contributed by atoms with Crippen LogP contribution in [0.25, 0.3) is 0 Å². The Balaban J connectivity index is 1.54. The lowest BCUT2D eigenvalue weighted by Crippen LogP contribution is -2.55. The van der Waals surface area contributed by atoms with Gasteiger partial charge in [0.05, 0.1) is 17.3 Å². The Kier molecular flexibility index (Phi) is 6.28. The normalized spacial score (nSPS) is 18.0. The largest absolute Gasteiger partial charge is 0.357 e. The van der Waals surface area contributed by atoms with Gasteiger partial charge in [-0.2, -0.15) is 0 Å². The summed E-state index contributed by atoms with van der Waals surface area (Å²) in [5.74, 6) is 0.0723. The molecule has 0 spiro atoms. The van der Waals surface area contributed by atoms with Crippen LogP contribution in [0, 0.1) is 11.8 Å². The number of fused-ring (bicyclic) bond motifs is 1. The zero-order valence-electron chi connectivity index (χ0n) is 18.7. The van der Waals surface area contributed by atoms with E-state index in [0.29, 0.717) is 11.6 Å². The summed E-state index contributed by atoms with van der Waals surface area (Å²) in [7, 11) is 0. The fourth-order valence-corrected chi connectivity index (χ4v) is 5.60. The number of amides is 1. The maximum atomic E-state index is 14.0. The molecule has 0 radical (unpaired) electrons. The zero-order chi connectivity index (χ0) is 22.7. The summed E-state index contributed by atoms with van der Waals surface area (Å²) in [5, 5.41) is 11.4. The van der Waals surface area contributed by atoms with E-state index in [2.05, 4.69) is 28.1 Å². The van der Waals surface area contributed by atoms with Crippen LogP contribution >= 0.6 is 11.6 Å². The number of carbonyl (C=O) groups is 1. The third-order valence-electron chi connectivity index (χ3n) is 7.07. The van der Waals surface area contributed by atoms with Crippen LogP contribution in [0.15, 0.2) is 78.9 Å². The van der Waals surface area contributed by atoms with Gasteiger partial charge in [-0.25, -0.2) is 0 Å². The van der Waals surface area contributed by atoms with Crippen molar-refractivity contribution in [2.45, 2.75) is 44.3 Å². The molecule has 33 heavy (non-hydrogen) atoms. The number of rotatable bonds is 6. The highest BCUT2D eigenvalue weighted by molar-refractivity contribution is 6.30. The van der Waals surface area contributed by atoms with E-state index in [0.717, 1.165) is 48.2 Å². The highest BCUT2D eigenvalue weighted by Gasteiger charge is 2.51. The van der Waals surface area contributed by atoms with Crippen LogP contribution in [0.1, 0.15) is 43.2 Å². The SMILES string of the molecule is O=C(NCc1ccccc1)C(C1CCCCC1)C1(c2ccc(Cl)cc2)Nc2ccccc2N1. The molecule has 3 N–H and O–H groups in total. The lowest BCUT2D eigenvalue weighted by Gasteiger charge is -2.43. The molecule has 0 aromatic heterocycles. The van der Waals surface area contributed by atoms with Crippen LogP contribution in [0.3, 0.4) is 0 Å². The predicted molar refractivity (Wildman–Crippen MR) is 135 cm³/mol. The first-order valence-corrected chi connectivity index (χ1v) is 12.3. The smallest absolute Gasteiger partial charge is 0.228 e. The van der Waals surface area contributed by atoms with Gasteiger partial charge in [-0.15, -0.1) is 0 Å². The van der Waals surface area contributed by atoms with Gasteiger partial charge in [-0.1, -0.05) is 85.5 Å². The summed E-state index contributed by atoms with van der Waals surface area (Å²) in [6.45, 7) is 0.520. The molecule has 5 heteroatoms. The van der Waals surface area contributed by atoms with Gasteiger partial charge in [0.1, 0.15) is 5.66 Å². The van der Waals surface area contributed by atoms with E-state index in [1.165, 1.54) is 6.42 Å². The second kappa shape index (κ2) is 9.48. The van der Waals surface area contributed by atoms with Crippen molar-refractivity contribution in [3.05, 3.63) is 95.0 Å². The van der Waals surface area contributed by atoms with E-state index in [1.807, 2.05) is 66.7 Å². The zero-order valence-corrected chi connectivity index (χ0v) is 19.4. The quantitative estimate of drug-likeness (QED) is 0.392. The van der Waals surface area contributed by atoms with Gasteiger partial charge in [0.15, 0.2) is 0 Å². The predicted octanol–water partition coefficient (Wildman–Crippen LogP) is 6.54. The number of hydrogen-bond donors (Lipinski definition) is 3. The van der Waals surface area contributed by atoms with E-state index in [4.69, 9.17) is 11.6 Å². The third-order valence-corrected chi connectivity index (χ3v) is 7.32. The van der Waals surface area contributed by atoms with Gasteiger partial charge in [-0.05, 0) is 54.2 Å². The van der Waals surface area contributed by atoms with E-state index in [9.17, 15) is 4.79 Å². The van der Waals surface area contributed by atoms with Crippen molar-refractivity contribution in [2.24, 2.45) is 11.8 Å². The van der Waals surface area contributed by atoms with Gasteiger partial charge in [0.2, 0.25) is 5.91 Å². The topological polar surface area (TPSA) is 53.2 Å². The second-order valence-corrected chi connectivity index (χ2v) is 9.63. The highest BCUT2D eigenvalue weighted by atomic mass is 35.5. The lowest BCUT2D eigenvalue weighted by molar-refractivity contribution is -0.129. The Bertz CT molecular complexity index is 1070. The van der Waals surface area contributed by atoms with Gasteiger partial charge in [0, 0.05) is 11.6 Å². The van der Waals surface area contributed by atoms with Crippen LogP contribution in [-0.4, -0.2) is 5.91 Å². The summed E-state index contributed by atoms with van der Waals surface area (Å²) in [5.41, 5.74) is 3.42. The summed E-state index contributed by atoms with van der Waals surface area (Å²) >= 11 is 6.24. The molecule has 0 saturated heterocycles. The number of halogens is 1. The lowest BCUT2D eigenvalue weighted by atomic mass is 9.71. The van der Waals surface area contributed by atoms with Crippen molar-refractivity contribution < 1.29 is 4.79 Å². The fraction of sp³-hybridized carbons (Fsp3) is 0.321. The first-order valence-electron chi connectivity index (χ1n) is 11.9. The average molecular weight is 460 g/mol. The number of nitrogens with one attached hydrogen (secondary N) is 3. The van der Waals surface area contributed by atoms with Gasteiger partial charge >= 0.3 is 0 Å². The monoisotopic (exact) mass is 459 g/mol. The Morgan fingerprint density at radius 2 is 1.48 bits per heavy atom. The molecule has 1 aliphatic heterocycles. The summed E-state index contributed by atoms with van der Waals surface area (Å²) in [4.78, 5) is 14.0. The van der Waals surface area contributed by atoms with Gasteiger partial charge in [0.25, 0.3) is 0 Å². The van der Waals surface area contributed by atoms with E-state index in [1.54, 1.807) is 0 Å². The maximum absolute atomic E-state index is 14.0. The number of para-hydroxylation sites is 2. The molecule has 1 fully saturated rings. The van der Waals surface area contributed by atoms with Crippen LogP contribution in [-0.2, 0) is 17.0 Å². The molecule has 1 aliphatic carbocycles. The number of benzene rings is 3. The molecule has 170 valence electrons. The van der Waals surface area contributed by atoms with Crippen LogP contribution < -0.4 is 16.0 Å². The summed E-state index contributed by atoms with van der Waals surface area (Å²) in [6, 6.07) is 26.2. The van der Waals surface area contributed by atoms with E-state index in [-0.39, 0.29) is 17.7 Å². The fourth-order valence-electron chi connectivity index (χ4n) is 5.48. The van der Waals surface area contributed by atoms with Crippen molar-refractivity contribution >= 4 is 28.9 Å². The molecule has 4 nitrogen and oxygen atoms in total. The van der Waals surface area contributed by atoms with Gasteiger partial charge in [-0.3, -0.25) is 4.79 Å². The first-order chi connectivity index (χ1) is 16.2. The Labute approximate surface area is 200 Å². The molecule has 3 aromatic carbocycles. The number of anilines is 2. The second-order valence-electron chi connectivity index (χ2n) is 9.19. The minimum absolute atomic E-state index is 0.0773. The molecule has 1 saturated carbocycles. The molecular weight excluding hydrogens is 430 g/mol. The van der Waals surface area contributed by atoms with Crippen LogP contribution in [0.2, 0.25) is 5.02 Å². The number of hydrogen-bond acceptors (Lipinski definition) is 3. The van der Waals surface area contributed by atoms with Crippen molar-refractivity contribution in [2.75, 3.05) is 10.6 Å². The molecule has 5 rings (SSSR count). The maximum Gasteiger partial charge on any atom is 0.228 e. The first kappa shape index (κ1) is 21.8. The standard InChI is InChI=1S/C28H30ClN3O/c29-23-17-15-22(16-18-23)28(31-24-13-7-8-14-25(24)32-28)26(21-11-5-2-6-12-21)27(33)30-19-20-9-3-1-4-10-20/h1,3-4,7-10,13-18,21,26,31-32H,2,5-6,11-12,19H2,(H,30,33). The van der Waals surface area contributed by atoms with E-state index >= 15 is 0 Å². The summed E-state index contributed by atoms with van der Waals surface area (Å²) < 4.78 is 0. The van der Waals surface area contributed by atoms with Crippen LogP contribution in [0.5, 0.6) is 0 Å². The molecule has 3 aromatic rings. The molecule has 1 unspecified atom stereocenters. The van der Waals surface area contributed by atoms with E-state index < -0.39 is 5.66 Å². The van der Waals surface area contributed by atoms with Crippen molar-refractivity contribution in [3.8, 4) is 0 Å². The molecule has 1 atom stereocenters. The highest BCUT2D eigenvalue weighted by Crippen LogP contribution is 2.48. The molecule has 1 amide bonds. The van der Waals surface area contributed by atoms with Gasteiger partial charge < -0.3 is 16.0 Å².